The molecule has 0 saturated heterocycles. The van der Waals surface area contributed by atoms with Gasteiger partial charge in [0.15, 0.2) is 0 Å². The van der Waals surface area contributed by atoms with E-state index in [4.69, 9.17) is 4.74 Å². The van der Waals surface area contributed by atoms with E-state index in [1.54, 1.807) is 42.5 Å². The van der Waals surface area contributed by atoms with Crippen molar-refractivity contribution in [3.63, 3.8) is 0 Å². The quantitative estimate of drug-likeness (QED) is 0.637. The number of hydrogen-bond donors (Lipinski definition) is 1. The number of nitrogens with zero attached hydrogens (tertiary/aromatic N) is 1. The van der Waals surface area contributed by atoms with Crippen molar-refractivity contribution < 1.29 is 22.3 Å². The molecule has 1 amide bonds. The largest absolute Gasteiger partial charge is 0.497 e. The minimum Gasteiger partial charge on any atom is -0.497 e. The third-order valence-electron chi connectivity index (χ3n) is 5.22. The Kier molecular flexibility index (Phi) is 5.65. The maximum absolute atomic E-state index is 13.3. The molecule has 1 N–H and O–H groups in total. The Hall–Kier alpha value is -3.39. The zero-order chi connectivity index (χ0) is 22.0. The Morgan fingerprint density at radius 2 is 1.84 bits per heavy atom. The highest BCUT2D eigenvalue weighted by molar-refractivity contribution is 7.92. The average Bonchev–Trinajstić information content (AvgIpc) is 3.23. The second-order valence-electron chi connectivity index (χ2n) is 7.12. The molecule has 1 heterocycles. The summed E-state index contributed by atoms with van der Waals surface area (Å²) in [6.45, 7) is 0.423. The van der Waals surface area contributed by atoms with Gasteiger partial charge in [-0.3, -0.25) is 9.10 Å². The first-order valence-corrected chi connectivity index (χ1v) is 11.2. The van der Waals surface area contributed by atoms with Crippen LogP contribution in [0.15, 0.2) is 71.6 Å². The van der Waals surface area contributed by atoms with Crippen LogP contribution in [0.25, 0.3) is 0 Å². The molecule has 6 nitrogen and oxygen atoms in total. The van der Waals surface area contributed by atoms with Crippen LogP contribution in [0.4, 0.5) is 10.1 Å². The lowest BCUT2D eigenvalue weighted by atomic mass is 10.0. The Morgan fingerprint density at radius 1 is 1.10 bits per heavy atom. The smallest absolute Gasteiger partial charge is 0.264 e. The summed E-state index contributed by atoms with van der Waals surface area (Å²) < 4.78 is 46.1. The molecule has 1 aliphatic heterocycles. The van der Waals surface area contributed by atoms with Gasteiger partial charge in [-0.05, 0) is 66.1 Å². The van der Waals surface area contributed by atoms with E-state index in [2.05, 4.69) is 5.32 Å². The van der Waals surface area contributed by atoms with Gasteiger partial charge in [-0.1, -0.05) is 18.2 Å². The van der Waals surface area contributed by atoms with Crippen LogP contribution in [-0.4, -0.2) is 28.0 Å². The van der Waals surface area contributed by atoms with Crippen LogP contribution in [0.1, 0.15) is 21.5 Å². The molecular formula is C23H21FN2O4S. The zero-order valence-corrected chi connectivity index (χ0v) is 17.7. The van der Waals surface area contributed by atoms with Gasteiger partial charge in [-0.15, -0.1) is 0 Å². The minimum atomic E-state index is -3.78. The minimum absolute atomic E-state index is 0.155. The molecular weight excluding hydrogens is 419 g/mol. The molecule has 0 bridgehead atoms. The van der Waals surface area contributed by atoms with Crippen molar-refractivity contribution in [1.29, 1.82) is 0 Å². The molecule has 3 aromatic rings. The van der Waals surface area contributed by atoms with Crippen LogP contribution in [0.5, 0.6) is 5.75 Å². The molecule has 160 valence electrons. The first kappa shape index (κ1) is 20.9. The van der Waals surface area contributed by atoms with Crippen LogP contribution >= 0.6 is 0 Å². The number of hydrogen-bond acceptors (Lipinski definition) is 4. The number of sulfonamides is 1. The SMILES string of the molecule is COc1ccc(S(=O)(=O)N2CCc3c(C(=O)NCc4cccc(F)c4)cccc32)cc1. The first-order chi connectivity index (χ1) is 14.9. The number of nitrogens with one attached hydrogen (secondary N) is 1. The van der Waals surface area contributed by atoms with E-state index in [0.717, 1.165) is 0 Å². The van der Waals surface area contributed by atoms with Crippen molar-refractivity contribution in [2.24, 2.45) is 0 Å². The lowest BCUT2D eigenvalue weighted by molar-refractivity contribution is 0.0950. The Labute approximate surface area is 180 Å². The topological polar surface area (TPSA) is 75.7 Å². The lowest BCUT2D eigenvalue weighted by Gasteiger charge is -2.20. The van der Waals surface area contributed by atoms with Crippen molar-refractivity contribution in [2.45, 2.75) is 17.9 Å². The van der Waals surface area contributed by atoms with Crippen LogP contribution in [0, 0.1) is 5.82 Å². The predicted octanol–water partition coefficient (Wildman–Crippen LogP) is 3.52. The maximum atomic E-state index is 13.3. The van der Waals surface area contributed by atoms with Crippen molar-refractivity contribution in [3.05, 3.63) is 89.2 Å². The highest BCUT2D eigenvalue weighted by atomic mass is 32.2. The van der Waals surface area contributed by atoms with Gasteiger partial charge in [0.25, 0.3) is 15.9 Å². The molecule has 1 aliphatic rings. The number of benzene rings is 3. The number of carbonyl (C=O) groups excluding carboxylic acids is 1. The van der Waals surface area contributed by atoms with Gasteiger partial charge in [0, 0.05) is 18.7 Å². The molecule has 0 aromatic heterocycles. The van der Waals surface area contributed by atoms with Gasteiger partial charge in [0.05, 0.1) is 17.7 Å². The molecule has 0 unspecified atom stereocenters. The van der Waals surface area contributed by atoms with Gasteiger partial charge in [-0.25, -0.2) is 12.8 Å². The molecule has 4 rings (SSSR count). The van der Waals surface area contributed by atoms with Gasteiger partial charge in [-0.2, -0.15) is 0 Å². The Morgan fingerprint density at radius 3 is 2.55 bits per heavy atom. The molecule has 31 heavy (non-hydrogen) atoms. The van der Waals surface area contributed by atoms with Gasteiger partial charge < -0.3 is 10.1 Å². The predicted molar refractivity (Wildman–Crippen MR) is 115 cm³/mol. The van der Waals surface area contributed by atoms with Crippen molar-refractivity contribution in [1.82, 2.24) is 5.32 Å². The van der Waals surface area contributed by atoms with E-state index in [0.29, 0.717) is 34.5 Å². The standard InChI is InChI=1S/C23H21FN2O4S/c1-30-18-8-10-19(11-9-18)31(28,29)26-13-12-20-21(6-3-7-22(20)26)23(27)25-15-16-4-2-5-17(24)14-16/h2-11,14H,12-13,15H2,1H3,(H,25,27). The number of methoxy groups -OCH3 is 1. The highest BCUT2D eigenvalue weighted by Gasteiger charge is 2.33. The number of ether oxygens (including phenoxy) is 1. The average molecular weight is 440 g/mol. The van der Waals surface area contributed by atoms with Crippen LogP contribution in [0.3, 0.4) is 0 Å². The molecule has 0 fully saturated rings. The van der Waals surface area contributed by atoms with Crippen molar-refractivity contribution in [2.75, 3.05) is 18.0 Å². The monoisotopic (exact) mass is 440 g/mol. The Bertz CT molecular complexity index is 1230. The molecule has 0 radical (unpaired) electrons. The number of anilines is 1. The lowest BCUT2D eigenvalue weighted by Crippen LogP contribution is -2.29. The summed E-state index contributed by atoms with van der Waals surface area (Å²) in [7, 11) is -2.26. The fourth-order valence-electron chi connectivity index (χ4n) is 3.67. The molecule has 3 aromatic carbocycles. The van der Waals surface area contributed by atoms with E-state index in [1.165, 1.54) is 35.7 Å². The summed E-state index contributed by atoms with van der Waals surface area (Å²) in [5, 5.41) is 2.78. The molecule has 0 aliphatic carbocycles. The zero-order valence-electron chi connectivity index (χ0n) is 16.8. The highest BCUT2D eigenvalue weighted by Crippen LogP contribution is 2.35. The number of carbonyl (C=O) groups is 1. The number of rotatable bonds is 6. The van der Waals surface area contributed by atoms with E-state index >= 15 is 0 Å². The number of fused-ring (bicyclic) bond motifs is 1. The van der Waals surface area contributed by atoms with Crippen LogP contribution in [-0.2, 0) is 23.0 Å². The first-order valence-electron chi connectivity index (χ1n) is 9.71. The molecule has 0 saturated carbocycles. The normalized spacial score (nSPS) is 13.0. The summed E-state index contributed by atoms with van der Waals surface area (Å²) in [6, 6.07) is 17.2. The van der Waals surface area contributed by atoms with E-state index < -0.39 is 10.0 Å². The second-order valence-corrected chi connectivity index (χ2v) is 8.98. The summed E-state index contributed by atoms with van der Waals surface area (Å²) in [5.74, 6) is -0.130. The van der Waals surface area contributed by atoms with Crippen molar-refractivity contribution in [3.8, 4) is 5.75 Å². The third-order valence-corrected chi connectivity index (χ3v) is 7.05. The summed E-state index contributed by atoms with van der Waals surface area (Å²) in [4.78, 5) is 12.9. The third kappa shape index (κ3) is 4.11. The van der Waals surface area contributed by atoms with Gasteiger partial charge in [0.2, 0.25) is 0 Å². The van der Waals surface area contributed by atoms with Crippen molar-refractivity contribution >= 4 is 21.6 Å². The summed E-state index contributed by atoms with van der Waals surface area (Å²) in [6.07, 6.45) is 0.425. The van der Waals surface area contributed by atoms with Gasteiger partial charge in [0.1, 0.15) is 11.6 Å². The number of halogens is 1. The fourth-order valence-corrected chi connectivity index (χ4v) is 5.16. The molecule has 0 spiro atoms. The second kappa shape index (κ2) is 8.39. The van der Waals surface area contributed by atoms with E-state index in [-0.39, 0.29) is 29.7 Å². The molecule has 0 atom stereocenters. The summed E-state index contributed by atoms with van der Waals surface area (Å²) >= 11 is 0. The van der Waals surface area contributed by atoms with Gasteiger partial charge >= 0.3 is 0 Å². The molecule has 8 heteroatoms. The number of amides is 1. The fraction of sp³-hybridized carbons (Fsp3) is 0.174. The van der Waals surface area contributed by atoms with Crippen LogP contribution in [0.2, 0.25) is 0 Å². The van der Waals surface area contributed by atoms with E-state index in [9.17, 15) is 17.6 Å². The summed E-state index contributed by atoms with van der Waals surface area (Å²) in [5.41, 5.74) is 2.23. The maximum Gasteiger partial charge on any atom is 0.264 e. The van der Waals surface area contributed by atoms with E-state index in [1.807, 2.05) is 0 Å². The van der Waals surface area contributed by atoms with Crippen LogP contribution < -0.4 is 14.4 Å². The Balaban J connectivity index is 1.57.